The van der Waals surface area contributed by atoms with Gasteiger partial charge in [0.25, 0.3) is 0 Å². The normalized spacial score (nSPS) is 13.9. The van der Waals surface area contributed by atoms with Crippen molar-refractivity contribution in [1.29, 1.82) is 0 Å². The van der Waals surface area contributed by atoms with Gasteiger partial charge in [0, 0.05) is 19.3 Å². The number of esters is 3. The van der Waals surface area contributed by atoms with Crippen molar-refractivity contribution in [3.05, 3.63) is 72.9 Å². The van der Waals surface area contributed by atoms with Crippen molar-refractivity contribution in [3.63, 3.8) is 0 Å². The molecule has 0 rings (SSSR count). The fourth-order valence-corrected chi connectivity index (χ4v) is 8.51. The Morgan fingerprint density at radius 1 is 0.403 bits per heavy atom. The van der Waals surface area contributed by atoms with Crippen molar-refractivity contribution >= 4 is 25.7 Å². The Bertz CT molecular complexity index is 1490. The maximum absolute atomic E-state index is 12.9. The number of phosphoric acid groups is 1. The molecule has 0 saturated heterocycles. The molecule has 0 aromatic rings. The van der Waals surface area contributed by atoms with Crippen molar-refractivity contribution in [3.8, 4) is 0 Å². The van der Waals surface area contributed by atoms with Crippen LogP contribution in [0.3, 0.4) is 0 Å². The molecule has 72 heavy (non-hydrogen) atoms. The van der Waals surface area contributed by atoms with Gasteiger partial charge in [0.2, 0.25) is 0 Å². The van der Waals surface area contributed by atoms with E-state index < -0.39 is 57.8 Å². The summed E-state index contributed by atoms with van der Waals surface area (Å²) in [6, 6.07) is 0. The van der Waals surface area contributed by atoms with Gasteiger partial charge in [-0.2, -0.15) is 0 Å². The molecule has 11 nitrogen and oxygen atoms in total. The van der Waals surface area contributed by atoms with Gasteiger partial charge in [0.05, 0.1) is 19.8 Å². The Hall–Kier alpha value is -3.08. The summed E-state index contributed by atoms with van der Waals surface area (Å²) < 4.78 is 39.5. The monoisotopic (exact) mass is 1030 g/mol. The first-order valence-electron chi connectivity index (χ1n) is 28.8. The van der Waals surface area contributed by atoms with Crippen LogP contribution in [0.25, 0.3) is 0 Å². The number of aliphatic hydroxyl groups is 1. The summed E-state index contributed by atoms with van der Waals surface area (Å²) in [5.74, 6) is -1.52. The van der Waals surface area contributed by atoms with Crippen LogP contribution in [-0.2, 0) is 42.2 Å². The van der Waals surface area contributed by atoms with Crippen LogP contribution in [0.4, 0.5) is 0 Å². The van der Waals surface area contributed by atoms with Crippen LogP contribution in [0.1, 0.15) is 252 Å². The van der Waals surface area contributed by atoms with Crippen molar-refractivity contribution in [1.82, 2.24) is 0 Å². The molecule has 0 amide bonds. The summed E-state index contributed by atoms with van der Waals surface area (Å²) in [5.41, 5.74) is 0. The lowest BCUT2D eigenvalue weighted by Gasteiger charge is -2.21. The number of unbranched alkanes of at least 4 members (excludes halogenated alkanes) is 24. The number of rotatable bonds is 53. The maximum atomic E-state index is 12.9. The molecule has 0 saturated carbocycles. The Kier molecular flexibility index (Phi) is 51.9. The highest BCUT2D eigenvalue weighted by molar-refractivity contribution is 7.47. The van der Waals surface area contributed by atoms with Crippen molar-refractivity contribution in [2.45, 2.75) is 264 Å². The Labute approximate surface area is 439 Å². The van der Waals surface area contributed by atoms with Gasteiger partial charge in [0.1, 0.15) is 12.7 Å². The van der Waals surface area contributed by atoms with E-state index in [1.165, 1.54) is 89.9 Å². The molecule has 3 atom stereocenters. The lowest BCUT2D eigenvalue weighted by Crippen LogP contribution is -2.30. The molecular weight excluding hydrogens is 928 g/mol. The van der Waals surface area contributed by atoms with Crippen LogP contribution >= 0.6 is 7.82 Å². The standard InChI is InChI=1S/C60H105O11P/c1-4-7-10-13-16-19-22-25-28-31-34-37-40-43-46-49-58(62)67-53-57(71-60(64)51-48-45-42-39-36-33-30-27-24-21-18-15-12-9-6-3)55-69-72(65,66)68-54-56(52-61)70-59(63)50-47-44-41-38-35-32-29-26-23-20-17-14-11-8-5-2/h9,12,17-18,20-21,26-27,29-30,36,39,56-57,61H,4-8,10-11,13-16,19,22-25,28,31-35,37-38,40-55H2,1-3H3,(H,65,66)/b12-9-,20-17-,21-18-,29-26-,30-27-,39-36-. The number of aliphatic hydroxyl groups excluding tert-OH is 1. The minimum Gasteiger partial charge on any atom is -0.462 e. The second-order valence-corrected chi connectivity index (χ2v) is 20.5. The van der Waals surface area contributed by atoms with Crippen LogP contribution in [-0.4, -0.2) is 66.5 Å². The van der Waals surface area contributed by atoms with E-state index in [0.717, 1.165) is 103 Å². The molecule has 0 aromatic carbocycles. The highest BCUT2D eigenvalue weighted by Crippen LogP contribution is 2.43. The maximum Gasteiger partial charge on any atom is 0.472 e. The zero-order valence-corrected chi connectivity index (χ0v) is 46.8. The van der Waals surface area contributed by atoms with E-state index in [1.54, 1.807) is 0 Å². The average Bonchev–Trinajstić information content (AvgIpc) is 3.37. The molecule has 0 aliphatic heterocycles. The minimum absolute atomic E-state index is 0.114. The molecule has 0 aromatic heterocycles. The number of hydrogen-bond acceptors (Lipinski definition) is 10. The number of ether oxygens (including phenoxy) is 3. The second-order valence-electron chi connectivity index (χ2n) is 19.1. The van der Waals surface area contributed by atoms with E-state index in [-0.39, 0.29) is 25.9 Å². The highest BCUT2D eigenvalue weighted by Gasteiger charge is 2.28. The molecule has 0 aliphatic rings. The summed E-state index contributed by atoms with van der Waals surface area (Å²) in [7, 11) is -4.76. The predicted molar refractivity (Wildman–Crippen MR) is 298 cm³/mol. The molecule has 0 heterocycles. The van der Waals surface area contributed by atoms with Crippen LogP contribution < -0.4 is 0 Å². The van der Waals surface area contributed by atoms with Gasteiger partial charge in [-0.05, 0) is 89.9 Å². The molecule has 2 N–H and O–H groups in total. The predicted octanol–water partition coefficient (Wildman–Crippen LogP) is 16.9. The Morgan fingerprint density at radius 2 is 0.722 bits per heavy atom. The minimum atomic E-state index is -4.76. The SMILES string of the molecule is CC/C=C\C/C=C\C/C=C\C/C=C\CCCCC(=O)OC(COC(=O)CCCCCCCCCCCCCCCCC)COP(=O)(O)OCC(CO)OC(=O)CCCCCCC/C=C\C/C=C\CCCCC. The molecule has 0 fully saturated rings. The first-order valence-corrected chi connectivity index (χ1v) is 30.3. The average molecular weight is 1030 g/mol. The zero-order valence-electron chi connectivity index (χ0n) is 45.9. The summed E-state index contributed by atoms with van der Waals surface area (Å²) in [6.45, 7) is 4.46. The van der Waals surface area contributed by atoms with E-state index >= 15 is 0 Å². The number of carbonyl (C=O) groups is 3. The molecule has 0 radical (unpaired) electrons. The first kappa shape index (κ1) is 68.9. The molecule has 0 spiro atoms. The molecule has 3 unspecified atom stereocenters. The van der Waals surface area contributed by atoms with Gasteiger partial charge in [0.15, 0.2) is 6.10 Å². The van der Waals surface area contributed by atoms with Crippen LogP contribution in [0, 0.1) is 0 Å². The molecule has 416 valence electrons. The van der Waals surface area contributed by atoms with Gasteiger partial charge in [-0.1, -0.05) is 216 Å². The van der Waals surface area contributed by atoms with Gasteiger partial charge in [-0.15, -0.1) is 0 Å². The highest BCUT2D eigenvalue weighted by atomic mass is 31.2. The summed E-state index contributed by atoms with van der Waals surface area (Å²) >= 11 is 0. The van der Waals surface area contributed by atoms with Gasteiger partial charge >= 0.3 is 25.7 Å². The van der Waals surface area contributed by atoms with E-state index in [0.29, 0.717) is 19.3 Å². The van der Waals surface area contributed by atoms with Crippen molar-refractivity contribution in [2.75, 3.05) is 26.4 Å². The van der Waals surface area contributed by atoms with Crippen LogP contribution in [0.2, 0.25) is 0 Å². The number of hydrogen-bond donors (Lipinski definition) is 2. The fourth-order valence-electron chi connectivity index (χ4n) is 7.73. The molecule has 0 aliphatic carbocycles. The quantitative estimate of drug-likeness (QED) is 0.0197. The van der Waals surface area contributed by atoms with E-state index in [2.05, 4.69) is 93.7 Å². The molecular formula is C60H105O11P. The van der Waals surface area contributed by atoms with Gasteiger partial charge in [-0.3, -0.25) is 23.4 Å². The second kappa shape index (κ2) is 54.2. The lowest BCUT2D eigenvalue weighted by molar-refractivity contribution is -0.161. The van der Waals surface area contributed by atoms with Crippen molar-refractivity contribution < 1.29 is 52.2 Å². The fraction of sp³-hybridized carbons (Fsp3) is 0.750. The third-order valence-electron chi connectivity index (χ3n) is 12.1. The topological polar surface area (TPSA) is 155 Å². The number of carbonyl (C=O) groups excluding carboxylic acids is 3. The van der Waals surface area contributed by atoms with Gasteiger partial charge < -0.3 is 24.2 Å². The van der Waals surface area contributed by atoms with Crippen LogP contribution in [0.5, 0.6) is 0 Å². The van der Waals surface area contributed by atoms with E-state index in [9.17, 15) is 28.9 Å². The van der Waals surface area contributed by atoms with Crippen molar-refractivity contribution in [2.24, 2.45) is 0 Å². The van der Waals surface area contributed by atoms with Gasteiger partial charge in [-0.25, -0.2) is 4.57 Å². The summed E-state index contributed by atoms with van der Waals surface area (Å²) in [5, 5.41) is 9.81. The van der Waals surface area contributed by atoms with E-state index in [4.69, 9.17) is 23.3 Å². The smallest absolute Gasteiger partial charge is 0.462 e. The number of phosphoric ester groups is 1. The molecule has 12 heteroatoms. The Balaban J connectivity index is 4.77. The zero-order chi connectivity index (χ0) is 52.7. The third-order valence-corrected chi connectivity index (χ3v) is 13.1. The van der Waals surface area contributed by atoms with E-state index in [1.807, 2.05) is 0 Å². The first-order chi connectivity index (χ1) is 35.2. The summed E-state index contributed by atoms with van der Waals surface area (Å²) in [6.07, 6.45) is 60.0. The number of allylic oxidation sites excluding steroid dienone is 12. The summed E-state index contributed by atoms with van der Waals surface area (Å²) in [4.78, 5) is 48.5. The van der Waals surface area contributed by atoms with Crippen LogP contribution in [0.15, 0.2) is 72.9 Å². The third kappa shape index (κ3) is 51.8. The largest absolute Gasteiger partial charge is 0.472 e. The Morgan fingerprint density at radius 3 is 1.17 bits per heavy atom. The molecule has 0 bridgehead atoms. The lowest BCUT2D eigenvalue weighted by atomic mass is 10.0.